The molecule has 2 N–H and O–H groups in total. The Morgan fingerprint density at radius 1 is 1.14 bits per heavy atom. The first-order chi connectivity index (χ1) is 17.8. The number of aromatic nitrogens is 1. The number of rotatable bonds is 2. The van der Waals surface area contributed by atoms with Crippen LogP contribution in [0.3, 0.4) is 0 Å². The number of hydrogen-bond acceptors (Lipinski definition) is 7. The van der Waals surface area contributed by atoms with Gasteiger partial charge >= 0.3 is 0 Å². The molecule has 3 unspecified atom stereocenters. The summed E-state index contributed by atoms with van der Waals surface area (Å²) < 4.78 is 41.0. The molecule has 3 atom stereocenters. The number of carbonyl (C=O) groups excluding carboxylic acids is 1. The van der Waals surface area contributed by atoms with Crippen LogP contribution in [-0.4, -0.2) is 60.1 Å². The summed E-state index contributed by atoms with van der Waals surface area (Å²) in [4.78, 5) is 21.4. The summed E-state index contributed by atoms with van der Waals surface area (Å²) in [7, 11) is 0. The number of benzene rings is 1. The van der Waals surface area contributed by atoms with Gasteiger partial charge in [-0.25, -0.2) is 13.8 Å². The Hall–Kier alpha value is -2.82. The van der Waals surface area contributed by atoms with E-state index in [9.17, 15) is 9.18 Å². The van der Waals surface area contributed by atoms with Crippen molar-refractivity contribution in [2.45, 2.75) is 76.9 Å². The van der Waals surface area contributed by atoms with Gasteiger partial charge in [-0.2, -0.15) is 0 Å². The summed E-state index contributed by atoms with van der Waals surface area (Å²) in [5.74, 6) is -0.647. The molecular weight excluding hydrogens is 482 g/mol. The van der Waals surface area contributed by atoms with Crippen LogP contribution in [-0.2, 0) is 20.8 Å². The molecule has 0 radical (unpaired) electrons. The zero-order valence-corrected chi connectivity index (χ0v) is 21.3. The van der Waals surface area contributed by atoms with Gasteiger partial charge in [-0.05, 0) is 58.1 Å². The fraction of sp³-hybridized carbons (Fsp3) is 0.556. The number of anilines is 4. The van der Waals surface area contributed by atoms with E-state index in [2.05, 4.69) is 15.2 Å². The average molecular weight is 517 g/mol. The number of aliphatic hydroxyl groups is 1. The highest BCUT2D eigenvalue weighted by atomic mass is 19.1. The topological polar surface area (TPSA) is 87.2 Å². The molecule has 4 saturated heterocycles. The SMILES string of the molecule is CC(C)O.O=C(C1CCCCO1)N1Cc2cc(F)cnc2Nc2cc(F)c(N3CC4CCC3CO4)cc21. The molecule has 7 rings (SSSR count). The molecule has 0 saturated carbocycles. The summed E-state index contributed by atoms with van der Waals surface area (Å²) in [5, 5.41) is 11.2. The predicted octanol–water partition coefficient (Wildman–Crippen LogP) is 4.27. The second-order valence-electron chi connectivity index (χ2n) is 10.3. The number of ether oxygens (including phenoxy) is 2. The first kappa shape index (κ1) is 25.8. The molecule has 5 aliphatic heterocycles. The van der Waals surface area contributed by atoms with Crippen molar-refractivity contribution in [3.63, 3.8) is 0 Å². The molecule has 0 aliphatic carbocycles. The highest BCUT2D eigenvalue weighted by Crippen LogP contribution is 2.42. The predicted molar refractivity (Wildman–Crippen MR) is 136 cm³/mol. The van der Waals surface area contributed by atoms with E-state index in [1.165, 1.54) is 12.1 Å². The van der Waals surface area contributed by atoms with Crippen molar-refractivity contribution in [2.75, 3.05) is 34.9 Å². The number of amides is 1. The van der Waals surface area contributed by atoms with Crippen LogP contribution in [0.4, 0.5) is 31.7 Å². The van der Waals surface area contributed by atoms with Gasteiger partial charge in [0.1, 0.15) is 23.6 Å². The van der Waals surface area contributed by atoms with E-state index in [4.69, 9.17) is 14.6 Å². The number of piperidine rings is 1. The van der Waals surface area contributed by atoms with Crippen molar-refractivity contribution >= 4 is 28.8 Å². The summed E-state index contributed by atoms with van der Waals surface area (Å²) in [6.07, 6.45) is 4.87. The van der Waals surface area contributed by atoms with E-state index in [0.29, 0.717) is 54.6 Å². The van der Waals surface area contributed by atoms with Crippen LogP contribution in [0.5, 0.6) is 0 Å². The number of aliphatic hydroxyl groups excluding tert-OH is 1. The van der Waals surface area contributed by atoms with Gasteiger partial charge in [0.25, 0.3) is 5.91 Å². The number of hydrogen-bond donors (Lipinski definition) is 2. The van der Waals surface area contributed by atoms with Gasteiger partial charge < -0.3 is 29.7 Å². The Bertz CT molecular complexity index is 1130. The minimum atomic E-state index is -0.567. The smallest absolute Gasteiger partial charge is 0.256 e. The quantitative estimate of drug-likeness (QED) is 0.616. The van der Waals surface area contributed by atoms with E-state index in [1.807, 2.05) is 0 Å². The summed E-state index contributed by atoms with van der Waals surface area (Å²) >= 11 is 0. The van der Waals surface area contributed by atoms with Crippen LogP contribution in [0.1, 0.15) is 51.5 Å². The average Bonchev–Trinajstić information content (AvgIpc) is 3.04. The number of fused-ring (bicyclic) bond motifs is 5. The van der Waals surface area contributed by atoms with E-state index in [0.717, 1.165) is 31.9 Å². The largest absolute Gasteiger partial charge is 0.394 e. The molecular formula is C27H34F2N4O4. The van der Waals surface area contributed by atoms with Crippen LogP contribution in [0.15, 0.2) is 24.4 Å². The normalized spacial score (nSPS) is 24.4. The van der Waals surface area contributed by atoms with Crippen molar-refractivity contribution in [1.29, 1.82) is 0 Å². The Morgan fingerprint density at radius 2 is 1.95 bits per heavy atom. The number of nitrogens with one attached hydrogen (secondary N) is 1. The summed E-state index contributed by atoms with van der Waals surface area (Å²) in [6.45, 7) is 5.31. The number of nitrogens with zero attached hydrogens (tertiary/aromatic N) is 3. The van der Waals surface area contributed by atoms with Crippen molar-refractivity contribution in [2.24, 2.45) is 0 Å². The number of morpholine rings is 1. The molecule has 6 heterocycles. The molecule has 5 aliphatic rings. The first-order valence-electron chi connectivity index (χ1n) is 13.0. The zero-order chi connectivity index (χ0) is 26.1. The highest BCUT2D eigenvalue weighted by molar-refractivity contribution is 6.01. The molecule has 8 nitrogen and oxygen atoms in total. The van der Waals surface area contributed by atoms with Crippen LogP contribution < -0.4 is 15.1 Å². The van der Waals surface area contributed by atoms with Gasteiger partial charge in [-0.1, -0.05) is 0 Å². The van der Waals surface area contributed by atoms with Gasteiger partial charge in [0.05, 0.1) is 48.6 Å². The maximum absolute atomic E-state index is 15.4. The third-order valence-electron chi connectivity index (χ3n) is 7.09. The van der Waals surface area contributed by atoms with E-state index in [1.54, 1.807) is 24.8 Å². The molecule has 2 bridgehead atoms. The van der Waals surface area contributed by atoms with Gasteiger partial charge in [0, 0.05) is 30.9 Å². The fourth-order valence-corrected chi connectivity index (χ4v) is 5.34. The second-order valence-corrected chi connectivity index (χ2v) is 10.3. The number of carbonyl (C=O) groups is 1. The lowest BCUT2D eigenvalue weighted by Crippen LogP contribution is -2.54. The standard InChI is InChI=1S/C24H26F2N4O3.C3H8O/c25-15-7-14-11-30(24(31)22-3-1-2-6-32-22)21-9-20(29-12-17-5-4-16(29)13-33-17)18(26)8-19(21)28-23(14)27-10-15;1-3(2)4/h7-10,16-17,22H,1-6,11-13H2,(H,27,28);3-4H,1-2H3. The van der Waals surface area contributed by atoms with Crippen LogP contribution in [0.2, 0.25) is 0 Å². The molecule has 2 aromatic rings. The lowest BCUT2D eigenvalue weighted by Gasteiger charge is -2.46. The van der Waals surface area contributed by atoms with Crippen LogP contribution in [0, 0.1) is 11.6 Å². The molecule has 1 aromatic carbocycles. The minimum Gasteiger partial charge on any atom is -0.394 e. The number of pyridine rings is 1. The zero-order valence-electron chi connectivity index (χ0n) is 21.3. The Morgan fingerprint density at radius 3 is 2.59 bits per heavy atom. The maximum Gasteiger partial charge on any atom is 0.256 e. The Labute approximate surface area is 215 Å². The van der Waals surface area contributed by atoms with E-state index in [-0.39, 0.29) is 36.5 Å². The Kier molecular flexibility index (Phi) is 7.60. The second kappa shape index (κ2) is 10.9. The van der Waals surface area contributed by atoms with Gasteiger partial charge in [0.2, 0.25) is 0 Å². The minimum absolute atomic E-state index is 0.0936. The summed E-state index contributed by atoms with van der Waals surface area (Å²) in [5.41, 5.74) is 1.96. The highest BCUT2D eigenvalue weighted by Gasteiger charge is 2.38. The van der Waals surface area contributed by atoms with Crippen LogP contribution >= 0.6 is 0 Å². The van der Waals surface area contributed by atoms with Gasteiger partial charge in [-0.3, -0.25) is 4.79 Å². The molecule has 10 heteroatoms. The van der Waals surface area contributed by atoms with Crippen LogP contribution in [0.25, 0.3) is 0 Å². The molecule has 0 spiro atoms. The Balaban J connectivity index is 0.000000655. The number of halogens is 2. The molecule has 4 fully saturated rings. The third-order valence-corrected chi connectivity index (χ3v) is 7.09. The van der Waals surface area contributed by atoms with E-state index < -0.39 is 11.9 Å². The van der Waals surface area contributed by atoms with E-state index >= 15 is 4.39 Å². The maximum atomic E-state index is 15.4. The lowest BCUT2D eigenvalue weighted by atomic mass is 9.96. The van der Waals surface area contributed by atoms with Crippen molar-refractivity contribution in [3.05, 3.63) is 41.6 Å². The molecule has 1 amide bonds. The summed E-state index contributed by atoms with van der Waals surface area (Å²) in [6, 6.07) is 4.62. The monoisotopic (exact) mass is 516 g/mol. The van der Waals surface area contributed by atoms with Crippen molar-refractivity contribution in [3.8, 4) is 0 Å². The molecule has 200 valence electrons. The first-order valence-corrected chi connectivity index (χ1v) is 13.0. The van der Waals surface area contributed by atoms with Gasteiger partial charge in [0.15, 0.2) is 0 Å². The molecule has 1 aromatic heterocycles. The third kappa shape index (κ3) is 5.56. The van der Waals surface area contributed by atoms with Gasteiger partial charge in [-0.15, -0.1) is 0 Å². The fourth-order valence-electron chi connectivity index (χ4n) is 5.34. The van der Waals surface area contributed by atoms with Crippen molar-refractivity contribution < 1.29 is 28.2 Å². The lowest BCUT2D eigenvalue weighted by molar-refractivity contribution is -0.132. The molecule has 37 heavy (non-hydrogen) atoms. The van der Waals surface area contributed by atoms with Crippen molar-refractivity contribution in [1.82, 2.24) is 4.98 Å².